The van der Waals surface area contributed by atoms with Gasteiger partial charge in [0.25, 0.3) is 0 Å². The Kier molecular flexibility index (Phi) is 4.14. The van der Waals surface area contributed by atoms with Crippen LogP contribution < -0.4 is 9.64 Å². The predicted molar refractivity (Wildman–Crippen MR) is 143 cm³/mol. The summed E-state index contributed by atoms with van der Waals surface area (Å²) in [4.78, 5) is 14.2. The maximum Gasteiger partial charge on any atom is 0.151 e. The first-order valence-electron chi connectivity index (χ1n) is 12.3. The van der Waals surface area contributed by atoms with Crippen LogP contribution in [-0.4, -0.2) is 32.2 Å². The van der Waals surface area contributed by atoms with Crippen LogP contribution >= 0.6 is 0 Å². The number of hydrogen-bond donors (Lipinski definition) is 2. The van der Waals surface area contributed by atoms with Gasteiger partial charge >= 0.3 is 0 Å². The van der Waals surface area contributed by atoms with Crippen LogP contribution in [0.4, 0.5) is 11.4 Å². The van der Waals surface area contributed by atoms with E-state index in [-0.39, 0.29) is 6.04 Å². The molecule has 0 amide bonds. The van der Waals surface area contributed by atoms with Gasteiger partial charge in [0.1, 0.15) is 5.78 Å². The summed E-state index contributed by atoms with van der Waals surface area (Å²) in [6.45, 7) is 0. The monoisotopic (exact) mass is 483 g/mol. The lowest BCUT2D eigenvalue weighted by molar-refractivity contribution is -0.124. The zero-order valence-electron chi connectivity index (χ0n) is 19.7. The van der Waals surface area contributed by atoms with E-state index in [1.807, 2.05) is 24.5 Å². The molecule has 2 aromatic heterocycles. The molecule has 0 spiro atoms. The van der Waals surface area contributed by atoms with Crippen molar-refractivity contribution in [2.24, 2.45) is 0 Å². The lowest BCUT2D eigenvalue weighted by Crippen LogP contribution is -2.43. The Bertz CT molecular complexity index is 1740. The van der Waals surface area contributed by atoms with Gasteiger partial charge in [-0.3, -0.25) is 15.0 Å². The quantitative estimate of drug-likeness (QED) is 0.291. The smallest absolute Gasteiger partial charge is 0.151 e. The number of H-pyrrole nitrogens is 2. The first-order chi connectivity index (χ1) is 18.2. The topological polar surface area (TPSA) is 86.9 Å². The molecule has 2 N–H and O–H groups in total. The molecular weight excluding hydrogens is 462 g/mol. The minimum atomic E-state index is 0.134. The van der Waals surface area contributed by atoms with Crippen LogP contribution in [-0.2, 0) is 4.79 Å². The molecule has 0 bridgehead atoms. The second-order valence-corrected chi connectivity index (χ2v) is 9.78. The molecule has 4 aromatic carbocycles. The number of Topliss-reactive ketones (excluding diaryl/α,β-unsaturated/α-hetero) is 1. The molecule has 178 valence electrons. The number of nitrogens with one attached hydrogen (secondary N) is 2. The van der Waals surface area contributed by atoms with E-state index in [0.29, 0.717) is 18.6 Å². The minimum Gasteiger partial charge on any atom is -0.453 e. The lowest BCUT2D eigenvalue weighted by Gasteiger charge is -2.42. The highest BCUT2D eigenvalue weighted by molar-refractivity contribution is 5.92. The highest BCUT2D eigenvalue weighted by atomic mass is 16.5. The number of aromatic nitrogens is 4. The molecule has 1 aliphatic carbocycles. The molecule has 8 rings (SSSR count). The Morgan fingerprint density at radius 3 is 1.68 bits per heavy atom. The molecule has 37 heavy (non-hydrogen) atoms. The summed E-state index contributed by atoms with van der Waals surface area (Å²) in [5, 5.41) is 16.4. The van der Waals surface area contributed by atoms with E-state index in [1.165, 1.54) is 0 Å². The molecule has 3 heterocycles. The number of ketones is 1. The van der Waals surface area contributed by atoms with Crippen molar-refractivity contribution in [3.05, 3.63) is 85.2 Å². The van der Waals surface area contributed by atoms with Crippen LogP contribution in [0.5, 0.6) is 11.5 Å². The minimum absolute atomic E-state index is 0.134. The van der Waals surface area contributed by atoms with Crippen molar-refractivity contribution >= 4 is 39.0 Å². The maximum absolute atomic E-state index is 12.0. The van der Waals surface area contributed by atoms with Crippen LogP contribution in [0.15, 0.2) is 85.2 Å². The average molecular weight is 484 g/mol. The average Bonchev–Trinajstić information content (AvgIpc) is 3.58. The number of nitrogens with zero attached hydrogens (tertiary/aromatic N) is 3. The van der Waals surface area contributed by atoms with Crippen molar-refractivity contribution in [2.75, 3.05) is 4.90 Å². The van der Waals surface area contributed by atoms with Gasteiger partial charge in [0.05, 0.1) is 34.8 Å². The zero-order valence-corrected chi connectivity index (χ0v) is 19.7. The summed E-state index contributed by atoms with van der Waals surface area (Å²) in [6, 6.07) is 25.3. The van der Waals surface area contributed by atoms with Crippen LogP contribution in [0.2, 0.25) is 0 Å². The molecule has 7 nitrogen and oxygen atoms in total. The summed E-state index contributed by atoms with van der Waals surface area (Å²) < 4.78 is 6.56. The molecular formula is C30H21N5O2. The number of ether oxygens (including phenoxy) is 1. The summed E-state index contributed by atoms with van der Waals surface area (Å²) in [6.07, 6.45) is 4.77. The fourth-order valence-corrected chi connectivity index (χ4v) is 5.48. The van der Waals surface area contributed by atoms with Crippen molar-refractivity contribution in [1.29, 1.82) is 0 Å². The van der Waals surface area contributed by atoms with Gasteiger partial charge < -0.3 is 9.64 Å². The van der Waals surface area contributed by atoms with E-state index in [4.69, 9.17) is 4.74 Å². The number of fused-ring (bicyclic) bond motifs is 4. The Labute approximate surface area is 211 Å². The molecule has 1 saturated carbocycles. The third-order valence-electron chi connectivity index (χ3n) is 7.50. The zero-order chi connectivity index (χ0) is 24.5. The van der Waals surface area contributed by atoms with E-state index in [0.717, 1.165) is 66.9 Å². The van der Waals surface area contributed by atoms with Crippen LogP contribution in [0.3, 0.4) is 0 Å². The number of aromatic amines is 2. The molecule has 0 atom stereocenters. The van der Waals surface area contributed by atoms with E-state index in [2.05, 4.69) is 86.0 Å². The van der Waals surface area contributed by atoms with Crippen molar-refractivity contribution in [3.63, 3.8) is 0 Å². The second-order valence-electron chi connectivity index (χ2n) is 9.78. The predicted octanol–water partition coefficient (Wildman–Crippen LogP) is 6.75. The fourth-order valence-electron chi connectivity index (χ4n) is 5.48. The maximum atomic E-state index is 12.0. The van der Waals surface area contributed by atoms with E-state index >= 15 is 0 Å². The third kappa shape index (κ3) is 3.17. The number of carbonyl (C=O) groups excluding carboxylic acids is 1. The Morgan fingerprint density at radius 1 is 0.676 bits per heavy atom. The fraction of sp³-hybridized carbons (Fsp3) is 0.100. The normalized spacial score (nSPS) is 14.9. The SMILES string of the molecule is O=C1CC(N2c3ccc(-c4ccc5[nH]ncc5c4)cc3Oc3cc(-c4ccc5[nH]ncc5c4)ccc32)C1. The highest BCUT2D eigenvalue weighted by Crippen LogP contribution is 2.51. The Hall–Kier alpha value is -4.91. The van der Waals surface area contributed by atoms with Crippen molar-refractivity contribution in [3.8, 4) is 33.8 Å². The molecule has 0 saturated heterocycles. The molecule has 6 aromatic rings. The van der Waals surface area contributed by atoms with Crippen molar-refractivity contribution in [1.82, 2.24) is 20.4 Å². The number of hydrogen-bond acceptors (Lipinski definition) is 5. The number of anilines is 2. The molecule has 7 heteroatoms. The van der Waals surface area contributed by atoms with Gasteiger partial charge in [-0.2, -0.15) is 10.2 Å². The summed E-state index contributed by atoms with van der Waals surface area (Å²) in [7, 11) is 0. The van der Waals surface area contributed by atoms with Gasteiger partial charge in [-0.1, -0.05) is 24.3 Å². The molecule has 1 fully saturated rings. The molecule has 2 aliphatic rings. The summed E-state index contributed by atoms with van der Waals surface area (Å²) in [5.41, 5.74) is 8.32. The van der Waals surface area contributed by atoms with Gasteiger partial charge in [-0.05, 0) is 70.8 Å². The van der Waals surface area contributed by atoms with Gasteiger partial charge in [0, 0.05) is 29.7 Å². The van der Waals surface area contributed by atoms with Gasteiger partial charge in [0.15, 0.2) is 11.5 Å². The first kappa shape index (κ1) is 20.3. The molecule has 1 aliphatic heterocycles. The van der Waals surface area contributed by atoms with Gasteiger partial charge in [-0.25, -0.2) is 0 Å². The van der Waals surface area contributed by atoms with Crippen LogP contribution in [0.1, 0.15) is 12.8 Å². The van der Waals surface area contributed by atoms with Gasteiger partial charge in [-0.15, -0.1) is 0 Å². The standard InChI is InChI=1S/C30H21N5O2/c36-24-13-23(14-24)35-27-7-3-19(17-1-5-25-21(9-17)15-31-33-25)11-29(27)37-30-12-20(4-8-28(30)35)18-2-6-26-22(10-18)16-32-34-26/h1-12,15-16,23H,13-14H2,(H,31,33)(H,32,34). The van der Waals surface area contributed by atoms with Crippen molar-refractivity contribution in [2.45, 2.75) is 18.9 Å². The molecule has 0 unspecified atom stereocenters. The summed E-state index contributed by atoms with van der Waals surface area (Å²) >= 11 is 0. The second kappa shape index (κ2) is 7.54. The number of carbonyl (C=O) groups is 1. The van der Waals surface area contributed by atoms with E-state index in [9.17, 15) is 4.79 Å². The van der Waals surface area contributed by atoms with Crippen molar-refractivity contribution < 1.29 is 9.53 Å². The highest BCUT2D eigenvalue weighted by Gasteiger charge is 2.37. The Morgan fingerprint density at radius 2 is 1.16 bits per heavy atom. The van der Waals surface area contributed by atoms with Gasteiger partial charge in [0.2, 0.25) is 0 Å². The lowest BCUT2D eigenvalue weighted by atomic mass is 9.88. The van der Waals surface area contributed by atoms with Crippen LogP contribution in [0, 0.1) is 0 Å². The number of rotatable bonds is 3. The number of benzene rings is 4. The molecule has 0 radical (unpaired) electrons. The largest absolute Gasteiger partial charge is 0.453 e. The van der Waals surface area contributed by atoms with E-state index in [1.54, 1.807) is 0 Å². The van der Waals surface area contributed by atoms with E-state index < -0.39 is 0 Å². The first-order valence-corrected chi connectivity index (χ1v) is 12.3. The Balaban J connectivity index is 1.23. The third-order valence-corrected chi connectivity index (χ3v) is 7.50. The summed E-state index contributed by atoms with van der Waals surface area (Å²) in [5.74, 6) is 1.88. The van der Waals surface area contributed by atoms with Crippen LogP contribution in [0.25, 0.3) is 44.1 Å².